The molecule has 0 aliphatic carbocycles. The maximum atomic E-state index is 11.7. The van der Waals surface area contributed by atoms with Crippen LogP contribution in [0.3, 0.4) is 0 Å². The second-order valence-electron chi connectivity index (χ2n) is 4.44. The first kappa shape index (κ1) is 14.4. The molecule has 1 amide bonds. The van der Waals surface area contributed by atoms with Gasteiger partial charge in [0.2, 0.25) is 0 Å². The quantitative estimate of drug-likeness (QED) is 0.794. The largest absolute Gasteiger partial charge is 0.479 e. The smallest absolute Gasteiger partial charge is 0.260 e. The van der Waals surface area contributed by atoms with E-state index >= 15 is 0 Å². The Balaban J connectivity index is 2.53. The van der Waals surface area contributed by atoms with Crippen LogP contribution in [-0.2, 0) is 11.3 Å². The van der Waals surface area contributed by atoms with Crippen LogP contribution < -0.4 is 15.4 Å². The molecule has 0 fully saturated rings. The summed E-state index contributed by atoms with van der Waals surface area (Å²) in [5.41, 5.74) is 0.934. The third-order valence-electron chi connectivity index (χ3n) is 2.27. The Morgan fingerprint density at radius 1 is 1.39 bits per heavy atom. The van der Waals surface area contributed by atoms with Crippen molar-refractivity contribution in [2.45, 2.75) is 39.5 Å². The fraction of sp³-hybridized carbons (Fsp3) is 0.538. The van der Waals surface area contributed by atoms with E-state index in [0.717, 1.165) is 5.69 Å². The first-order chi connectivity index (χ1) is 8.52. The number of ether oxygens (including phenoxy) is 1. The molecular weight excluding hydrogens is 230 g/mol. The van der Waals surface area contributed by atoms with Crippen molar-refractivity contribution in [2.75, 3.05) is 7.05 Å². The molecule has 0 saturated heterocycles. The van der Waals surface area contributed by atoms with E-state index in [-0.39, 0.29) is 11.9 Å². The lowest BCUT2D eigenvalue weighted by Crippen LogP contribution is -2.40. The molecule has 0 aliphatic rings. The van der Waals surface area contributed by atoms with Crippen LogP contribution in [0.1, 0.15) is 26.5 Å². The van der Waals surface area contributed by atoms with Crippen molar-refractivity contribution in [3.63, 3.8) is 0 Å². The van der Waals surface area contributed by atoms with Crippen LogP contribution in [0.4, 0.5) is 0 Å². The molecule has 1 aromatic rings. The summed E-state index contributed by atoms with van der Waals surface area (Å²) < 4.78 is 5.52. The zero-order valence-electron chi connectivity index (χ0n) is 11.4. The van der Waals surface area contributed by atoms with Crippen LogP contribution in [0.25, 0.3) is 0 Å². The van der Waals surface area contributed by atoms with Gasteiger partial charge in [0.05, 0.1) is 11.9 Å². The van der Waals surface area contributed by atoms with Crippen molar-refractivity contribution in [1.29, 1.82) is 0 Å². The number of nitrogens with one attached hydrogen (secondary N) is 2. The molecule has 1 atom stereocenters. The first-order valence-electron chi connectivity index (χ1n) is 6.09. The van der Waals surface area contributed by atoms with Gasteiger partial charge in [-0.3, -0.25) is 9.78 Å². The Morgan fingerprint density at radius 2 is 2.11 bits per heavy atom. The van der Waals surface area contributed by atoms with Gasteiger partial charge in [0.25, 0.3) is 5.91 Å². The monoisotopic (exact) mass is 251 g/mol. The van der Waals surface area contributed by atoms with Crippen molar-refractivity contribution >= 4 is 5.91 Å². The molecule has 0 spiro atoms. The lowest BCUT2D eigenvalue weighted by Gasteiger charge is -2.16. The molecule has 5 heteroatoms. The van der Waals surface area contributed by atoms with E-state index in [1.54, 1.807) is 13.1 Å². The first-order valence-corrected chi connectivity index (χ1v) is 6.09. The van der Waals surface area contributed by atoms with Gasteiger partial charge in [0, 0.05) is 12.6 Å². The normalized spacial score (nSPS) is 12.3. The minimum atomic E-state index is -0.524. The van der Waals surface area contributed by atoms with E-state index in [1.807, 2.05) is 33.0 Å². The number of carbonyl (C=O) groups excluding carboxylic acids is 1. The predicted molar refractivity (Wildman–Crippen MR) is 70.4 cm³/mol. The molecule has 0 radical (unpaired) electrons. The van der Waals surface area contributed by atoms with E-state index in [1.165, 1.54) is 0 Å². The maximum absolute atomic E-state index is 11.7. The molecule has 1 heterocycles. The summed E-state index contributed by atoms with van der Waals surface area (Å²) in [6.07, 6.45) is 1.11. The molecule has 0 aromatic carbocycles. The predicted octanol–water partition coefficient (Wildman–Crippen LogP) is 1.09. The van der Waals surface area contributed by atoms with E-state index < -0.39 is 6.10 Å². The Morgan fingerprint density at radius 3 is 2.61 bits per heavy atom. The standard InChI is InChI=1S/C13H21N3O2/c1-9(2)16-13(17)10(3)18-12-6-5-11(7-14-4)15-8-12/h5-6,8-10,14H,7H2,1-4H3,(H,16,17). The summed E-state index contributed by atoms with van der Waals surface area (Å²) in [6.45, 7) is 6.26. The highest BCUT2D eigenvalue weighted by Gasteiger charge is 2.15. The van der Waals surface area contributed by atoms with E-state index in [9.17, 15) is 4.79 Å². The topological polar surface area (TPSA) is 63.2 Å². The van der Waals surface area contributed by atoms with Crippen molar-refractivity contribution in [3.8, 4) is 5.75 Å². The van der Waals surface area contributed by atoms with Gasteiger partial charge >= 0.3 is 0 Å². The van der Waals surface area contributed by atoms with Crippen LogP contribution in [0.15, 0.2) is 18.3 Å². The van der Waals surface area contributed by atoms with Crippen LogP contribution in [-0.4, -0.2) is 30.1 Å². The zero-order chi connectivity index (χ0) is 13.5. The highest BCUT2D eigenvalue weighted by atomic mass is 16.5. The average molecular weight is 251 g/mol. The van der Waals surface area contributed by atoms with Gasteiger partial charge in [0.15, 0.2) is 6.10 Å². The maximum Gasteiger partial charge on any atom is 0.260 e. The molecule has 1 aromatic heterocycles. The lowest BCUT2D eigenvalue weighted by molar-refractivity contribution is -0.127. The summed E-state index contributed by atoms with van der Waals surface area (Å²) in [5.74, 6) is 0.477. The molecular formula is C13H21N3O2. The molecule has 100 valence electrons. The van der Waals surface area contributed by atoms with Gasteiger partial charge in [0.1, 0.15) is 5.75 Å². The van der Waals surface area contributed by atoms with Gasteiger partial charge < -0.3 is 15.4 Å². The van der Waals surface area contributed by atoms with E-state index in [2.05, 4.69) is 15.6 Å². The van der Waals surface area contributed by atoms with Gasteiger partial charge in [-0.15, -0.1) is 0 Å². The number of amides is 1. The van der Waals surface area contributed by atoms with Crippen LogP contribution in [0, 0.1) is 0 Å². The summed E-state index contributed by atoms with van der Waals surface area (Å²) in [4.78, 5) is 15.9. The van der Waals surface area contributed by atoms with Gasteiger partial charge in [-0.25, -0.2) is 0 Å². The van der Waals surface area contributed by atoms with Crippen LogP contribution in [0.5, 0.6) is 5.75 Å². The van der Waals surface area contributed by atoms with Gasteiger partial charge in [-0.1, -0.05) is 0 Å². The van der Waals surface area contributed by atoms with E-state index in [4.69, 9.17) is 4.74 Å². The number of hydrogen-bond donors (Lipinski definition) is 2. The fourth-order valence-corrected chi connectivity index (χ4v) is 1.43. The second kappa shape index (κ2) is 6.96. The molecule has 5 nitrogen and oxygen atoms in total. The molecule has 18 heavy (non-hydrogen) atoms. The van der Waals surface area contributed by atoms with Crippen molar-refractivity contribution in [1.82, 2.24) is 15.6 Å². The van der Waals surface area contributed by atoms with Gasteiger partial charge in [-0.2, -0.15) is 0 Å². The lowest BCUT2D eigenvalue weighted by atomic mass is 10.3. The Kier molecular flexibility index (Phi) is 5.58. The highest BCUT2D eigenvalue weighted by molar-refractivity contribution is 5.80. The summed E-state index contributed by atoms with van der Waals surface area (Å²) in [7, 11) is 1.87. The molecule has 2 N–H and O–H groups in total. The number of hydrogen-bond acceptors (Lipinski definition) is 4. The SMILES string of the molecule is CNCc1ccc(OC(C)C(=O)NC(C)C)cn1. The van der Waals surface area contributed by atoms with Crippen LogP contribution in [0.2, 0.25) is 0 Å². The average Bonchev–Trinajstić information content (AvgIpc) is 2.31. The third-order valence-corrected chi connectivity index (χ3v) is 2.27. The number of pyridine rings is 1. The molecule has 1 rings (SSSR count). The minimum Gasteiger partial charge on any atom is -0.479 e. The third kappa shape index (κ3) is 4.71. The minimum absolute atomic E-state index is 0.111. The Labute approximate surface area is 108 Å². The van der Waals surface area contributed by atoms with Crippen LogP contribution >= 0.6 is 0 Å². The molecule has 0 saturated carbocycles. The van der Waals surface area contributed by atoms with Crippen molar-refractivity contribution < 1.29 is 9.53 Å². The molecule has 0 bridgehead atoms. The van der Waals surface area contributed by atoms with Crippen molar-refractivity contribution in [3.05, 3.63) is 24.0 Å². The number of rotatable bonds is 6. The number of carbonyl (C=O) groups is 1. The zero-order valence-corrected chi connectivity index (χ0v) is 11.4. The highest BCUT2D eigenvalue weighted by Crippen LogP contribution is 2.11. The molecule has 1 unspecified atom stereocenters. The van der Waals surface area contributed by atoms with Gasteiger partial charge in [-0.05, 0) is 40.0 Å². The Hall–Kier alpha value is -1.62. The summed E-state index contributed by atoms with van der Waals surface area (Å²) in [6, 6.07) is 3.80. The summed E-state index contributed by atoms with van der Waals surface area (Å²) >= 11 is 0. The van der Waals surface area contributed by atoms with E-state index in [0.29, 0.717) is 12.3 Å². The number of nitrogens with zero attached hydrogens (tertiary/aromatic N) is 1. The second-order valence-corrected chi connectivity index (χ2v) is 4.44. The fourth-order valence-electron chi connectivity index (χ4n) is 1.43. The summed E-state index contributed by atoms with van der Waals surface area (Å²) in [5, 5.41) is 5.82. The van der Waals surface area contributed by atoms with Crippen molar-refractivity contribution in [2.24, 2.45) is 0 Å². The molecule has 0 aliphatic heterocycles. The Bertz CT molecular complexity index is 376. The number of aromatic nitrogens is 1.